The smallest absolute Gasteiger partial charge is 0.255 e. The maximum absolute atomic E-state index is 12.5. The quantitative estimate of drug-likeness (QED) is 0.283. The highest BCUT2D eigenvalue weighted by atomic mass is 16.5. The van der Waals surface area contributed by atoms with Crippen LogP contribution in [-0.2, 0) is 0 Å². The van der Waals surface area contributed by atoms with Crippen molar-refractivity contribution in [1.29, 1.82) is 0 Å². The number of nitrogens with zero attached hydrogens (tertiary/aromatic N) is 2. The van der Waals surface area contributed by atoms with Gasteiger partial charge in [0.15, 0.2) is 5.82 Å². The Hall–Kier alpha value is -4.71. The van der Waals surface area contributed by atoms with E-state index in [1.165, 1.54) is 0 Å². The van der Waals surface area contributed by atoms with E-state index in [1.807, 2.05) is 97.9 Å². The van der Waals surface area contributed by atoms with Crippen LogP contribution < -0.4 is 15.4 Å². The Bertz CT molecular complexity index is 1450. The Kier molecular flexibility index (Phi) is 6.35. The number of anilines is 3. The summed E-state index contributed by atoms with van der Waals surface area (Å²) in [5, 5.41) is 17.2. The first kappa shape index (κ1) is 22.1. The van der Waals surface area contributed by atoms with E-state index in [9.17, 15) is 4.79 Å². The van der Waals surface area contributed by atoms with Crippen LogP contribution in [0.2, 0.25) is 0 Å². The molecule has 172 valence electrons. The monoisotopic (exact) mass is 460 g/mol. The Morgan fingerprint density at radius 1 is 0.743 bits per heavy atom. The molecule has 4 aromatic carbocycles. The molecule has 5 aromatic rings. The van der Waals surface area contributed by atoms with Crippen LogP contribution in [0.15, 0.2) is 103 Å². The molecule has 0 spiro atoms. The van der Waals surface area contributed by atoms with Crippen LogP contribution in [0.3, 0.4) is 0 Å². The summed E-state index contributed by atoms with van der Waals surface area (Å²) in [4.78, 5) is 12.5. The van der Waals surface area contributed by atoms with E-state index in [4.69, 9.17) is 4.74 Å². The minimum Gasteiger partial charge on any atom is -0.494 e. The van der Waals surface area contributed by atoms with Crippen LogP contribution in [0.25, 0.3) is 22.0 Å². The van der Waals surface area contributed by atoms with E-state index in [2.05, 4.69) is 20.8 Å². The first-order valence-corrected chi connectivity index (χ1v) is 11.4. The van der Waals surface area contributed by atoms with Gasteiger partial charge in [-0.15, -0.1) is 10.2 Å². The van der Waals surface area contributed by atoms with Gasteiger partial charge in [0, 0.05) is 33.3 Å². The van der Waals surface area contributed by atoms with E-state index in [0.29, 0.717) is 18.0 Å². The van der Waals surface area contributed by atoms with Gasteiger partial charge >= 0.3 is 0 Å². The zero-order valence-corrected chi connectivity index (χ0v) is 19.2. The number of nitrogens with one attached hydrogen (secondary N) is 2. The molecule has 0 unspecified atom stereocenters. The predicted octanol–water partition coefficient (Wildman–Crippen LogP) is 6.69. The third-order valence-electron chi connectivity index (χ3n) is 5.57. The highest BCUT2D eigenvalue weighted by Gasteiger charge is 2.12. The van der Waals surface area contributed by atoms with Gasteiger partial charge < -0.3 is 15.4 Å². The zero-order valence-electron chi connectivity index (χ0n) is 19.2. The van der Waals surface area contributed by atoms with Crippen molar-refractivity contribution in [2.45, 2.75) is 6.92 Å². The van der Waals surface area contributed by atoms with Gasteiger partial charge in [-0.1, -0.05) is 42.5 Å². The van der Waals surface area contributed by atoms with Crippen molar-refractivity contribution >= 4 is 33.9 Å². The van der Waals surface area contributed by atoms with Gasteiger partial charge in [0.25, 0.3) is 5.91 Å². The van der Waals surface area contributed by atoms with Gasteiger partial charge in [-0.3, -0.25) is 4.79 Å². The van der Waals surface area contributed by atoms with Gasteiger partial charge in [-0.25, -0.2) is 0 Å². The van der Waals surface area contributed by atoms with Crippen LogP contribution >= 0.6 is 0 Å². The molecule has 0 aliphatic carbocycles. The average molecular weight is 461 g/mol. The number of benzene rings is 4. The SMILES string of the molecule is CCOc1ccc(-c2nnc(Nc3ccc(C(=O)Nc4ccccc4)cc3)c3ccccc23)cc1. The van der Waals surface area contributed by atoms with Gasteiger partial charge in [0.1, 0.15) is 11.4 Å². The molecular weight excluding hydrogens is 436 g/mol. The van der Waals surface area contributed by atoms with E-state index < -0.39 is 0 Å². The Balaban J connectivity index is 1.38. The van der Waals surface area contributed by atoms with Gasteiger partial charge in [0.05, 0.1) is 6.61 Å². The van der Waals surface area contributed by atoms with Crippen LogP contribution in [0.5, 0.6) is 5.75 Å². The van der Waals surface area contributed by atoms with Crippen LogP contribution in [0.4, 0.5) is 17.2 Å². The summed E-state index contributed by atoms with van der Waals surface area (Å²) in [5.74, 6) is 1.32. The molecule has 5 rings (SSSR count). The fourth-order valence-corrected chi connectivity index (χ4v) is 3.85. The summed E-state index contributed by atoms with van der Waals surface area (Å²) in [7, 11) is 0. The summed E-state index contributed by atoms with van der Waals surface area (Å²) in [6.45, 7) is 2.59. The average Bonchev–Trinajstić information content (AvgIpc) is 2.91. The van der Waals surface area contributed by atoms with Crippen molar-refractivity contribution in [3.05, 3.63) is 109 Å². The number of hydrogen-bond donors (Lipinski definition) is 2. The van der Waals surface area contributed by atoms with Gasteiger partial charge in [0.2, 0.25) is 0 Å². The molecule has 0 atom stereocenters. The lowest BCUT2D eigenvalue weighted by Crippen LogP contribution is -2.11. The maximum Gasteiger partial charge on any atom is 0.255 e. The number of aromatic nitrogens is 2. The minimum absolute atomic E-state index is 0.160. The number of amides is 1. The molecule has 1 amide bonds. The molecule has 0 aliphatic rings. The van der Waals surface area contributed by atoms with E-state index in [1.54, 1.807) is 12.1 Å². The molecule has 6 nitrogen and oxygen atoms in total. The molecular formula is C29H24N4O2. The number of para-hydroxylation sites is 1. The Morgan fingerprint density at radius 3 is 2.14 bits per heavy atom. The van der Waals surface area contributed by atoms with Crippen molar-refractivity contribution in [2.75, 3.05) is 17.2 Å². The first-order chi connectivity index (χ1) is 17.2. The van der Waals surface area contributed by atoms with Crippen molar-refractivity contribution in [3.8, 4) is 17.0 Å². The topological polar surface area (TPSA) is 76.1 Å². The molecule has 0 fully saturated rings. The normalized spacial score (nSPS) is 10.7. The lowest BCUT2D eigenvalue weighted by atomic mass is 10.0. The van der Waals surface area contributed by atoms with Crippen LogP contribution in [0.1, 0.15) is 17.3 Å². The third kappa shape index (κ3) is 4.96. The van der Waals surface area contributed by atoms with Gasteiger partial charge in [-0.2, -0.15) is 0 Å². The summed E-state index contributed by atoms with van der Waals surface area (Å²) in [6.07, 6.45) is 0. The maximum atomic E-state index is 12.5. The summed E-state index contributed by atoms with van der Waals surface area (Å²) < 4.78 is 5.55. The largest absolute Gasteiger partial charge is 0.494 e. The number of carbonyl (C=O) groups is 1. The van der Waals surface area contributed by atoms with E-state index in [-0.39, 0.29) is 5.91 Å². The summed E-state index contributed by atoms with van der Waals surface area (Å²) in [6, 6.07) is 32.6. The Morgan fingerprint density at radius 2 is 1.43 bits per heavy atom. The molecule has 1 aromatic heterocycles. The molecule has 0 bridgehead atoms. The molecule has 1 heterocycles. The third-order valence-corrected chi connectivity index (χ3v) is 5.57. The minimum atomic E-state index is -0.160. The van der Waals surface area contributed by atoms with Crippen molar-refractivity contribution in [1.82, 2.24) is 10.2 Å². The number of carbonyl (C=O) groups excluding carboxylic acids is 1. The standard InChI is InChI=1S/C29H24N4O2/c1-2-35-24-18-14-20(15-19-24)27-25-10-6-7-11-26(25)28(33-32-27)30-23-16-12-21(13-17-23)29(34)31-22-8-4-3-5-9-22/h3-19H,2H2,1H3,(H,30,33)(H,31,34). The molecule has 0 radical (unpaired) electrons. The highest BCUT2D eigenvalue weighted by molar-refractivity contribution is 6.04. The molecule has 0 saturated heterocycles. The lowest BCUT2D eigenvalue weighted by molar-refractivity contribution is 0.102. The van der Waals surface area contributed by atoms with Gasteiger partial charge in [-0.05, 0) is 67.6 Å². The van der Waals surface area contributed by atoms with E-state index in [0.717, 1.165) is 39.2 Å². The number of ether oxygens (including phenoxy) is 1. The molecule has 2 N–H and O–H groups in total. The Labute approximate surface area is 203 Å². The fourth-order valence-electron chi connectivity index (χ4n) is 3.85. The van der Waals surface area contributed by atoms with Crippen LogP contribution in [0, 0.1) is 0 Å². The van der Waals surface area contributed by atoms with Crippen LogP contribution in [-0.4, -0.2) is 22.7 Å². The number of hydrogen-bond acceptors (Lipinski definition) is 5. The molecule has 0 aliphatic heterocycles. The number of rotatable bonds is 7. The predicted molar refractivity (Wildman–Crippen MR) is 140 cm³/mol. The van der Waals surface area contributed by atoms with Crippen molar-refractivity contribution in [2.24, 2.45) is 0 Å². The second-order valence-electron chi connectivity index (χ2n) is 7.92. The van der Waals surface area contributed by atoms with Crippen molar-refractivity contribution < 1.29 is 9.53 Å². The number of fused-ring (bicyclic) bond motifs is 1. The molecule has 35 heavy (non-hydrogen) atoms. The van der Waals surface area contributed by atoms with Crippen molar-refractivity contribution in [3.63, 3.8) is 0 Å². The lowest BCUT2D eigenvalue weighted by Gasteiger charge is -2.12. The summed E-state index contributed by atoms with van der Waals surface area (Å²) >= 11 is 0. The summed E-state index contributed by atoms with van der Waals surface area (Å²) in [5.41, 5.74) is 3.92. The molecule has 0 saturated carbocycles. The van der Waals surface area contributed by atoms with E-state index >= 15 is 0 Å². The first-order valence-electron chi connectivity index (χ1n) is 11.4. The fraction of sp³-hybridized carbons (Fsp3) is 0.0690. The molecule has 6 heteroatoms. The second kappa shape index (κ2) is 10.1. The zero-order chi connectivity index (χ0) is 24.0. The second-order valence-corrected chi connectivity index (χ2v) is 7.92. The highest BCUT2D eigenvalue weighted by Crippen LogP contribution is 2.32.